The van der Waals surface area contributed by atoms with Gasteiger partial charge in [0, 0.05) is 26.6 Å². The average molecular weight is 317 g/mol. The van der Waals surface area contributed by atoms with Gasteiger partial charge in [-0.3, -0.25) is 9.59 Å². The van der Waals surface area contributed by atoms with E-state index in [1.54, 1.807) is 14.0 Å². The van der Waals surface area contributed by atoms with Gasteiger partial charge in [0.25, 0.3) is 11.8 Å². The van der Waals surface area contributed by atoms with Gasteiger partial charge in [-0.05, 0) is 6.42 Å². The smallest absolute Gasteiger partial charge is 0.336 e. The van der Waals surface area contributed by atoms with Crippen LogP contribution in [0.5, 0.6) is 0 Å². The Morgan fingerprint density at radius 1 is 1.05 bits per heavy atom. The van der Waals surface area contributed by atoms with Crippen LogP contribution in [0.2, 0.25) is 0 Å². The Kier molecular flexibility index (Phi) is 8.64. The lowest BCUT2D eigenvalue weighted by Gasteiger charge is -2.16. The summed E-state index contributed by atoms with van der Waals surface area (Å²) in [5.74, 6) is -2.02. The fourth-order valence-corrected chi connectivity index (χ4v) is 1.68. The molecule has 8 nitrogen and oxygen atoms in total. The van der Waals surface area contributed by atoms with Crippen LogP contribution in [0, 0.1) is 5.92 Å². The van der Waals surface area contributed by atoms with E-state index < -0.39 is 23.7 Å². The first kappa shape index (κ1) is 18.5. The minimum atomic E-state index is -0.608. The predicted octanol–water partition coefficient (Wildman–Crippen LogP) is 0.299. The molecular formula is C14H23NO7. The van der Waals surface area contributed by atoms with E-state index in [2.05, 4.69) is 0 Å². The van der Waals surface area contributed by atoms with Crippen LogP contribution in [0.3, 0.4) is 0 Å². The molecule has 2 amide bonds. The van der Waals surface area contributed by atoms with Crippen LogP contribution in [0.4, 0.5) is 0 Å². The van der Waals surface area contributed by atoms with E-state index in [4.69, 9.17) is 19.0 Å². The fraction of sp³-hybridized carbons (Fsp3) is 0.786. The highest BCUT2D eigenvalue weighted by Crippen LogP contribution is 2.14. The van der Waals surface area contributed by atoms with E-state index in [1.165, 1.54) is 0 Å². The van der Waals surface area contributed by atoms with Crippen LogP contribution in [-0.2, 0) is 33.4 Å². The third kappa shape index (κ3) is 6.50. The van der Waals surface area contributed by atoms with Crippen molar-refractivity contribution in [1.29, 1.82) is 0 Å². The summed E-state index contributed by atoms with van der Waals surface area (Å²) in [6, 6.07) is 0. The summed E-state index contributed by atoms with van der Waals surface area (Å²) in [5, 5.41) is 0.559. The van der Waals surface area contributed by atoms with E-state index in [9.17, 15) is 14.4 Å². The molecule has 1 atom stereocenters. The number of ether oxygens (including phenoxy) is 3. The molecule has 0 spiro atoms. The summed E-state index contributed by atoms with van der Waals surface area (Å²) in [7, 11) is 1.60. The number of carbonyl (C=O) groups excluding carboxylic acids is 3. The molecule has 0 radical (unpaired) electrons. The molecule has 1 aliphatic heterocycles. The van der Waals surface area contributed by atoms with Crippen LogP contribution in [0.15, 0.2) is 0 Å². The van der Waals surface area contributed by atoms with Crippen molar-refractivity contribution in [2.75, 3.05) is 40.1 Å². The number of hydrogen-bond donors (Lipinski definition) is 0. The average Bonchev–Trinajstić information content (AvgIpc) is 2.81. The van der Waals surface area contributed by atoms with E-state index >= 15 is 0 Å². The van der Waals surface area contributed by atoms with Gasteiger partial charge in [-0.15, -0.1) is 5.06 Å². The fourth-order valence-electron chi connectivity index (χ4n) is 1.68. The second-order valence-corrected chi connectivity index (χ2v) is 4.90. The first-order valence-corrected chi connectivity index (χ1v) is 7.28. The Labute approximate surface area is 129 Å². The lowest BCUT2D eigenvalue weighted by atomic mass is 10.1. The number of imide groups is 1. The van der Waals surface area contributed by atoms with Crippen molar-refractivity contribution in [1.82, 2.24) is 5.06 Å². The van der Waals surface area contributed by atoms with Crippen molar-refractivity contribution < 1.29 is 33.4 Å². The number of carbonyl (C=O) groups is 3. The first-order chi connectivity index (χ1) is 10.6. The second-order valence-electron chi connectivity index (χ2n) is 4.90. The highest BCUT2D eigenvalue weighted by molar-refractivity contribution is 6.01. The highest BCUT2D eigenvalue weighted by atomic mass is 16.7. The van der Waals surface area contributed by atoms with Gasteiger partial charge in [-0.2, -0.15) is 0 Å². The Hall–Kier alpha value is -1.51. The van der Waals surface area contributed by atoms with Crippen molar-refractivity contribution in [3.63, 3.8) is 0 Å². The van der Waals surface area contributed by atoms with Gasteiger partial charge in [-0.25, -0.2) is 4.79 Å². The molecule has 1 fully saturated rings. The largest absolute Gasteiger partial charge is 0.382 e. The molecule has 126 valence electrons. The van der Waals surface area contributed by atoms with Crippen LogP contribution in [0.25, 0.3) is 0 Å². The summed E-state index contributed by atoms with van der Waals surface area (Å²) in [5.41, 5.74) is 0. The summed E-state index contributed by atoms with van der Waals surface area (Å²) in [6.07, 6.45) is 0.618. The van der Waals surface area contributed by atoms with Gasteiger partial charge in [0.1, 0.15) is 0 Å². The molecule has 1 rings (SSSR count). The van der Waals surface area contributed by atoms with Gasteiger partial charge in [0.05, 0.1) is 32.3 Å². The van der Waals surface area contributed by atoms with E-state index in [-0.39, 0.29) is 12.8 Å². The molecule has 0 aromatic carbocycles. The minimum absolute atomic E-state index is 0.0900. The molecule has 8 heteroatoms. The number of hydroxylamine groups is 2. The third-order valence-corrected chi connectivity index (χ3v) is 3.09. The maximum Gasteiger partial charge on any atom is 0.336 e. The highest BCUT2D eigenvalue weighted by Gasteiger charge is 2.33. The maximum atomic E-state index is 11.8. The molecule has 0 aliphatic carbocycles. The standard InChI is InChI=1S/C14H23NO7/c1-11(5-6-20-9-10-21-8-7-19-2)14(18)22-15-12(16)3-4-13(15)17/h11H,3-10H2,1-2H3. The van der Waals surface area contributed by atoms with Gasteiger partial charge in [0.2, 0.25) is 0 Å². The Morgan fingerprint density at radius 3 is 2.18 bits per heavy atom. The Balaban J connectivity index is 2.09. The van der Waals surface area contributed by atoms with Gasteiger partial charge in [-0.1, -0.05) is 6.92 Å². The predicted molar refractivity (Wildman–Crippen MR) is 74.5 cm³/mol. The zero-order chi connectivity index (χ0) is 16.4. The quantitative estimate of drug-likeness (QED) is 0.400. The third-order valence-electron chi connectivity index (χ3n) is 3.09. The number of methoxy groups -OCH3 is 1. The summed E-state index contributed by atoms with van der Waals surface area (Å²) in [4.78, 5) is 39.2. The molecule has 22 heavy (non-hydrogen) atoms. The molecule has 0 N–H and O–H groups in total. The Morgan fingerprint density at radius 2 is 1.59 bits per heavy atom. The Bertz CT molecular complexity index is 369. The normalized spacial score (nSPS) is 16.2. The van der Waals surface area contributed by atoms with Crippen molar-refractivity contribution in [2.45, 2.75) is 26.2 Å². The van der Waals surface area contributed by atoms with E-state index in [0.29, 0.717) is 44.5 Å². The van der Waals surface area contributed by atoms with Crippen molar-refractivity contribution in [3.05, 3.63) is 0 Å². The second kappa shape index (κ2) is 10.3. The number of amides is 2. The zero-order valence-electron chi connectivity index (χ0n) is 13.0. The maximum absolute atomic E-state index is 11.8. The van der Waals surface area contributed by atoms with Crippen molar-refractivity contribution in [3.8, 4) is 0 Å². The van der Waals surface area contributed by atoms with Crippen LogP contribution in [0.1, 0.15) is 26.2 Å². The van der Waals surface area contributed by atoms with Crippen molar-refractivity contribution >= 4 is 17.8 Å². The minimum Gasteiger partial charge on any atom is -0.382 e. The van der Waals surface area contributed by atoms with Crippen LogP contribution < -0.4 is 0 Å². The molecule has 0 bridgehead atoms. The zero-order valence-corrected chi connectivity index (χ0v) is 13.0. The summed E-state index contributed by atoms with van der Waals surface area (Å²) in [6.45, 7) is 3.96. The first-order valence-electron chi connectivity index (χ1n) is 7.28. The monoisotopic (exact) mass is 317 g/mol. The van der Waals surface area contributed by atoms with Gasteiger partial charge in [0.15, 0.2) is 0 Å². The SMILES string of the molecule is COCCOCCOCCC(C)C(=O)ON1C(=O)CCC1=O. The summed E-state index contributed by atoms with van der Waals surface area (Å²) < 4.78 is 15.4. The lowest BCUT2D eigenvalue weighted by molar-refractivity contribution is -0.200. The molecule has 0 aromatic rings. The number of hydrogen-bond acceptors (Lipinski definition) is 7. The molecule has 1 heterocycles. The van der Waals surface area contributed by atoms with E-state index in [1.807, 2.05) is 0 Å². The molecule has 1 unspecified atom stereocenters. The molecule has 0 saturated carbocycles. The summed E-state index contributed by atoms with van der Waals surface area (Å²) >= 11 is 0. The topological polar surface area (TPSA) is 91.4 Å². The lowest BCUT2D eigenvalue weighted by Crippen LogP contribution is -2.34. The molecular weight excluding hydrogens is 294 g/mol. The number of rotatable bonds is 11. The van der Waals surface area contributed by atoms with Crippen molar-refractivity contribution in [2.24, 2.45) is 5.92 Å². The molecule has 0 aromatic heterocycles. The van der Waals surface area contributed by atoms with E-state index in [0.717, 1.165) is 0 Å². The van der Waals surface area contributed by atoms with Gasteiger partial charge < -0.3 is 19.0 Å². The van der Waals surface area contributed by atoms with Crippen LogP contribution in [-0.4, -0.2) is 63.0 Å². The van der Waals surface area contributed by atoms with Crippen LogP contribution >= 0.6 is 0 Å². The van der Waals surface area contributed by atoms with Gasteiger partial charge >= 0.3 is 5.97 Å². The number of nitrogens with zero attached hydrogens (tertiary/aromatic N) is 1. The molecule has 1 saturated heterocycles. The molecule has 1 aliphatic rings.